The second kappa shape index (κ2) is 3.09. The lowest BCUT2D eigenvalue weighted by molar-refractivity contribution is 0.706. The van der Waals surface area contributed by atoms with Gasteiger partial charge in [-0.1, -0.05) is 17.4 Å². The molecule has 3 aromatic rings. The van der Waals surface area contributed by atoms with E-state index < -0.39 is 0 Å². The van der Waals surface area contributed by atoms with Crippen molar-refractivity contribution < 1.29 is 0 Å². The molecule has 4 heteroatoms. The normalized spacial score (nSPS) is 17.9. The summed E-state index contributed by atoms with van der Waals surface area (Å²) in [4.78, 5) is 5.40. The molecule has 17 heavy (non-hydrogen) atoms. The molecule has 2 N–H and O–H groups in total. The number of fused-ring (bicyclic) bond motifs is 3. The van der Waals surface area contributed by atoms with Crippen molar-refractivity contribution >= 4 is 26.5 Å². The van der Waals surface area contributed by atoms with Gasteiger partial charge in [-0.2, -0.15) is 0 Å². The minimum absolute atomic E-state index is 0.278. The van der Waals surface area contributed by atoms with E-state index in [9.17, 15) is 0 Å². The number of benzene rings is 1. The lowest BCUT2D eigenvalue weighted by Gasteiger charge is -2.12. The van der Waals surface area contributed by atoms with Gasteiger partial charge in [-0.25, -0.2) is 4.98 Å². The molecule has 0 spiro atoms. The topological polar surface area (TPSA) is 43.3 Å². The third kappa shape index (κ3) is 1.22. The highest BCUT2D eigenvalue weighted by Gasteiger charge is 2.42. The second-order valence-corrected chi connectivity index (χ2v) is 5.86. The van der Waals surface area contributed by atoms with E-state index >= 15 is 0 Å². The van der Waals surface area contributed by atoms with Crippen LogP contribution in [0.15, 0.2) is 30.6 Å². The van der Waals surface area contributed by atoms with Crippen LogP contribution in [0.25, 0.3) is 15.2 Å². The fourth-order valence-corrected chi connectivity index (χ4v) is 3.56. The first kappa shape index (κ1) is 9.62. The molecule has 3 nitrogen and oxygen atoms in total. The van der Waals surface area contributed by atoms with Gasteiger partial charge in [0, 0.05) is 24.4 Å². The minimum Gasteiger partial charge on any atom is -0.330 e. The molecule has 0 unspecified atom stereocenters. The number of hydrogen-bond acceptors (Lipinski definition) is 3. The van der Waals surface area contributed by atoms with Crippen LogP contribution in [0, 0.1) is 0 Å². The van der Waals surface area contributed by atoms with E-state index in [-0.39, 0.29) is 5.41 Å². The van der Waals surface area contributed by atoms with Crippen molar-refractivity contribution in [1.29, 1.82) is 0 Å². The number of hydrogen-bond donors (Lipinski definition) is 1. The SMILES string of the molecule is NCC1(c2ccc3c(c2)sc2nccn23)CC1. The van der Waals surface area contributed by atoms with Crippen molar-refractivity contribution in [1.82, 2.24) is 9.38 Å². The molecule has 0 saturated heterocycles. The first-order chi connectivity index (χ1) is 8.32. The quantitative estimate of drug-likeness (QED) is 0.751. The summed E-state index contributed by atoms with van der Waals surface area (Å²) in [5.74, 6) is 0. The average Bonchev–Trinajstić information content (AvgIpc) is 2.89. The Balaban J connectivity index is 1.97. The second-order valence-electron chi connectivity index (χ2n) is 4.85. The monoisotopic (exact) mass is 243 g/mol. The summed E-state index contributed by atoms with van der Waals surface area (Å²) in [6, 6.07) is 6.73. The Hall–Kier alpha value is -1.39. The van der Waals surface area contributed by atoms with Crippen molar-refractivity contribution in [2.45, 2.75) is 18.3 Å². The van der Waals surface area contributed by atoms with Crippen LogP contribution in [0.1, 0.15) is 18.4 Å². The van der Waals surface area contributed by atoms with Crippen LogP contribution in [-0.2, 0) is 5.41 Å². The molecule has 2 aromatic heterocycles. The van der Waals surface area contributed by atoms with Gasteiger partial charge in [-0.3, -0.25) is 4.40 Å². The Morgan fingerprint density at radius 2 is 2.29 bits per heavy atom. The molecular weight excluding hydrogens is 230 g/mol. The summed E-state index contributed by atoms with van der Waals surface area (Å²) in [6.45, 7) is 0.765. The minimum atomic E-state index is 0.278. The van der Waals surface area contributed by atoms with Gasteiger partial charge in [0.25, 0.3) is 0 Å². The smallest absolute Gasteiger partial charge is 0.194 e. The van der Waals surface area contributed by atoms with E-state index in [1.807, 2.05) is 12.4 Å². The van der Waals surface area contributed by atoms with E-state index in [0.29, 0.717) is 0 Å². The maximum absolute atomic E-state index is 5.89. The molecule has 1 aliphatic rings. The maximum atomic E-state index is 5.89. The predicted octanol–water partition coefficient (Wildman–Crippen LogP) is 2.54. The van der Waals surface area contributed by atoms with Gasteiger partial charge in [-0.15, -0.1) is 0 Å². The molecule has 1 aliphatic carbocycles. The lowest BCUT2D eigenvalue weighted by Crippen LogP contribution is -2.19. The molecule has 0 atom stereocenters. The van der Waals surface area contributed by atoms with Crippen molar-refractivity contribution in [2.24, 2.45) is 5.73 Å². The summed E-state index contributed by atoms with van der Waals surface area (Å²) in [7, 11) is 0. The van der Waals surface area contributed by atoms with Crippen molar-refractivity contribution in [2.75, 3.05) is 6.54 Å². The summed E-state index contributed by atoms with van der Waals surface area (Å²) < 4.78 is 3.46. The average molecular weight is 243 g/mol. The Bertz CT molecular complexity index is 706. The van der Waals surface area contributed by atoms with Gasteiger partial charge in [0.05, 0.1) is 10.2 Å². The number of aromatic nitrogens is 2. The molecule has 2 heterocycles. The van der Waals surface area contributed by atoms with Gasteiger partial charge in [-0.05, 0) is 30.5 Å². The molecule has 1 aromatic carbocycles. The Morgan fingerprint density at radius 3 is 3.06 bits per heavy atom. The van der Waals surface area contributed by atoms with Crippen LogP contribution in [0.4, 0.5) is 0 Å². The first-order valence-corrected chi connectivity index (χ1v) is 6.70. The van der Waals surface area contributed by atoms with Gasteiger partial charge < -0.3 is 5.73 Å². The number of nitrogens with zero attached hydrogens (tertiary/aromatic N) is 2. The van der Waals surface area contributed by atoms with E-state index in [0.717, 1.165) is 11.5 Å². The van der Waals surface area contributed by atoms with Gasteiger partial charge in [0.2, 0.25) is 0 Å². The fraction of sp³-hybridized carbons (Fsp3) is 0.308. The van der Waals surface area contributed by atoms with E-state index in [1.54, 1.807) is 11.3 Å². The van der Waals surface area contributed by atoms with Crippen molar-refractivity contribution in [3.8, 4) is 0 Å². The Labute approximate surface area is 103 Å². The van der Waals surface area contributed by atoms with Crippen LogP contribution in [0.5, 0.6) is 0 Å². The molecule has 4 rings (SSSR count). The van der Waals surface area contributed by atoms with Crippen molar-refractivity contribution in [3.05, 3.63) is 36.2 Å². The largest absolute Gasteiger partial charge is 0.330 e. The number of nitrogens with two attached hydrogens (primary N) is 1. The molecule has 0 aliphatic heterocycles. The number of rotatable bonds is 2. The van der Waals surface area contributed by atoms with Crippen LogP contribution in [0.3, 0.4) is 0 Å². The molecular formula is C13H13N3S. The third-order valence-corrected chi connectivity index (χ3v) is 4.92. The fourth-order valence-electron chi connectivity index (χ4n) is 2.53. The summed E-state index contributed by atoms with van der Waals surface area (Å²) in [5.41, 5.74) is 8.81. The van der Waals surface area contributed by atoms with Crippen LogP contribution >= 0.6 is 11.3 Å². The van der Waals surface area contributed by atoms with Crippen molar-refractivity contribution in [3.63, 3.8) is 0 Å². The summed E-state index contributed by atoms with van der Waals surface area (Å²) >= 11 is 1.75. The van der Waals surface area contributed by atoms with Gasteiger partial charge in [0.1, 0.15) is 0 Å². The molecule has 0 radical (unpaired) electrons. The van der Waals surface area contributed by atoms with E-state index in [4.69, 9.17) is 5.73 Å². The molecule has 86 valence electrons. The van der Waals surface area contributed by atoms with Gasteiger partial charge >= 0.3 is 0 Å². The summed E-state index contributed by atoms with van der Waals surface area (Å²) in [5, 5.41) is 0. The zero-order valence-corrected chi connectivity index (χ0v) is 10.2. The molecule has 0 amide bonds. The van der Waals surface area contributed by atoms with E-state index in [1.165, 1.54) is 28.6 Å². The zero-order valence-electron chi connectivity index (χ0n) is 9.39. The molecule has 1 saturated carbocycles. The third-order valence-electron chi connectivity index (χ3n) is 3.88. The predicted molar refractivity (Wildman–Crippen MR) is 70.5 cm³/mol. The standard InChI is InChI=1S/C13H13N3S/c14-8-13(3-4-13)9-1-2-10-11(7-9)17-12-15-5-6-16(10)12/h1-2,5-7H,3-4,8,14H2. The lowest BCUT2D eigenvalue weighted by atomic mass is 9.96. The zero-order chi connectivity index (χ0) is 11.5. The highest BCUT2D eigenvalue weighted by molar-refractivity contribution is 7.23. The maximum Gasteiger partial charge on any atom is 0.194 e. The van der Waals surface area contributed by atoms with Gasteiger partial charge in [0.15, 0.2) is 4.96 Å². The highest BCUT2D eigenvalue weighted by atomic mass is 32.1. The van der Waals surface area contributed by atoms with Crippen LogP contribution < -0.4 is 5.73 Å². The number of thiazole rings is 1. The Kier molecular flexibility index (Phi) is 1.75. The Morgan fingerprint density at radius 1 is 1.41 bits per heavy atom. The number of imidazole rings is 1. The van der Waals surface area contributed by atoms with E-state index in [2.05, 4.69) is 27.6 Å². The molecule has 1 fully saturated rings. The molecule has 0 bridgehead atoms. The highest BCUT2D eigenvalue weighted by Crippen LogP contribution is 2.48. The first-order valence-electron chi connectivity index (χ1n) is 5.89. The summed E-state index contributed by atoms with van der Waals surface area (Å²) in [6.07, 6.45) is 6.33. The van der Waals surface area contributed by atoms with Crippen LogP contribution in [-0.4, -0.2) is 15.9 Å². The van der Waals surface area contributed by atoms with Crippen LogP contribution in [0.2, 0.25) is 0 Å².